The molecule has 2 heterocycles. The number of nitrogens with zero attached hydrogens (tertiary/aromatic N) is 2. The van der Waals surface area contributed by atoms with Crippen LogP contribution in [-0.2, 0) is 16.1 Å². The van der Waals surface area contributed by atoms with Crippen LogP contribution in [0.4, 0.5) is 21.0 Å². The Bertz CT molecular complexity index is 1020. The molecule has 0 aliphatic heterocycles. The molecule has 0 saturated carbocycles. The fourth-order valence-corrected chi connectivity index (χ4v) is 2.74. The van der Waals surface area contributed by atoms with E-state index < -0.39 is 23.4 Å². The minimum absolute atomic E-state index is 0.0737. The first-order valence-corrected chi connectivity index (χ1v) is 12.2. The number of carbonyl (C=O) groups excluding carboxylic acids is 3. The van der Waals surface area contributed by atoms with Gasteiger partial charge in [-0.2, -0.15) is 0 Å². The third kappa shape index (κ3) is 14.6. The second-order valence-corrected chi connectivity index (χ2v) is 9.98. The van der Waals surface area contributed by atoms with Crippen LogP contribution in [0.1, 0.15) is 57.5 Å². The second-order valence-electron chi connectivity index (χ2n) is 9.98. The van der Waals surface area contributed by atoms with Crippen molar-refractivity contribution in [3.63, 3.8) is 0 Å². The number of aliphatic hydroxyl groups is 1. The quantitative estimate of drug-likeness (QED) is 0.226. The fraction of sp³-hybridized carbons (Fsp3) is 0.500. The van der Waals surface area contributed by atoms with Gasteiger partial charge in [0.15, 0.2) is 6.29 Å². The number of hydrogen-bond donors (Lipinski definition) is 5. The van der Waals surface area contributed by atoms with Crippen LogP contribution in [0.25, 0.3) is 0 Å². The molecule has 0 unspecified atom stereocenters. The van der Waals surface area contributed by atoms with Gasteiger partial charge in [0, 0.05) is 67.9 Å². The number of pyridine rings is 2. The highest BCUT2D eigenvalue weighted by molar-refractivity contribution is 5.83. The minimum Gasteiger partial charge on any atom is -0.444 e. The molecule has 2 aromatic heterocycles. The zero-order valence-electron chi connectivity index (χ0n) is 23.0. The minimum atomic E-state index is -0.507. The number of rotatable bonds is 10. The maximum absolute atomic E-state index is 11.4. The van der Waals surface area contributed by atoms with Crippen molar-refractivity contribution in [1.29, 1.82) is 0 Å². The summed E-state index contributed by atoms with van der Waals surface area (Å²) in [6.45, 7) is 12.6. The van der Waals surface area contributed by atoms with E-state index in [4.69, 9.17) is 14.6 Å². The number of carbonyl (C=O) groups is 3. The summed E-state index contributed by atoms with van der Waals surface area (Å²) < 4.78 is 10.2. The lowest BCUT2D eigenvalue weighted by molar-refractivity contribution is 0.0518. The Morgan fingerprint density at radius 2 is 1.29 bits per heavy atom. The van der Waals surface area contributed by atoms with Crippen molar-refractivity contribution in [3.8, 4) is 0 Å². The molecule has 12 heteroatoms. The molecule has 2 rings (SSSR count). The van der Waals surface area contributed by atoms with E-state index in [0.29, 0.717) is 37.4 Å². The van der Waals surface area contributed by atoms with Gasteiger partial charge in [0.2, 0.25) is 0 Å². The Labute approximate surface area is 223 Å². The van der Waals surface area contributed by atoms with Gasteiger partial charge in [-0.15, -0.1) is 0 Å². The first-order valence-electron chi connectivity index (χ1n) is 12.2. The van der Waals surface area contributed by atoms with Gasteiger partial charge in [0.05, 0.1) is 12.2 Å². The molecule has 2 amide bonds. The Hall–Kier alpha value is -3.93. The van der Waals surface area contributed by atoms with E-state index in [9.17, 15) is 14.4 Å². The molecular weight excluding hydrogens is 492 g/mol. The van der Waals surface area contributed by atoms with Crippen LogP contribution < -0.4 is 21.3 Å². The topological polar surface area (TPSA) is 164 Å². The largest absolute Gasteiger partial charge is 0.444 e. The number of amides is 2. The number of nitrogens with one attached hydrogen (secondary N) is 4. The lowest BCUT2D eigenvalue weighted by Crippen LogP contribution is -2.35. The number of hydrogen-bond acceptors (Lipinski definition) is 10. The van der Waals surface area contributed by atoms with E-state index in [1.54, 1.807) is 51.5 Å². The highest BCUT2D eigenvalue weighted by Gasteiger charge is 2.16. The van der Waals surface area contributed by atoms with Gasteiger partial charge >= 0.3 is 12.2 Å². The highest BCUT2D eigenvalue weighted by Crippen LogP contribution is 2.13. The molecule has 12 nitrogen and oxygen atoms in total. The summed E-state index contributed by atoms with van der Waals surface area (Å²) in [5, 5.41) is 20.5. The van der Waals surface area contributed by atoms with Crippen LogP contribution in [0.3, 0.4) is 0 Å². The highest BCUT2D eigenvalue weighted by atomic mass is 16.6. The SMILES string of the molecule is CC(C)(C)OC(=O)NCCNc1ccncc1C=O.CC(C)(C)OC(=O)NCCNc1ccncc1CO. The van der Waals surface area contributed by atoms with Gasteiger partial charge in [-0.3, -0.25) is 14.8 Å². The number of aliphatic hydroxyl groups excluding tert-OH is 1. The zero-order chi connectivity index (χ0) is 28.6. The van der Waals surface area contributed by atoms with E-state index in [2.05, 4.69) is 31.2 Å². The molecule has 0 aromatic carbocycles. The molecule has 0 atom stereocenters. The maximum Gasteiger partial charge on any atom is 0.407 e. The molecule has 0 aliphatic carbocycles. The molecule has 210 valence electrons. The van der Waals surface area contributed by atoms with Crippen LogP contribution in [-0.4, -0.2) is 70.9 Å². The van der Waals surface area contributed by atoms with E-state index in [-0.39, 0.29) is 6.61 Å². The van der Waals surface area contributed by atoms with Crippen molar-refractivity contribution in [2.24, 2.45) is 0 Å². The van der Waals surface area contributed by atoms with Crippen molar-refractivity contribution in [2.45, 2.75) is 59.4 Å². The predicted octanol–water partition coefficient (Wildman–Crippen LogP) is 3.34. The predicted molar refractivity (Wildman–Crippen MR) is 145 cm³/mol. The van der Waals surface area contributed by atoms with Crippen molar-refractivity contribution in [2.75, 3.05) is 36.8 Å². The average molecular weight is 533 g/mol. The molecular formula is C26H40N6O6. The summed E-state index contributed by atoms with van der Waals surface area (Å²) in [7, 11) is 0. The monoisotopic (exact) mass is 532 g/mol. The first-order chi connectivity index (χ1) is 17.8. The number of aldehydes is 1. The molecule has 0 bridgehead atoms. The van der Waals surface area contributed by atoms with Crippen LogP contribution in [0.5, 0.6) is 0 Å². The van der Waals surface area contributed by atoms with Crippen LogP contribution in [0.15, 0.2) is 36.9 Å². The second kappa shape index (κ2) is 16.0. The van der Waals surface area contributed by atoms with Crippen molar-refractivity contribution in [1.82, 2.24) is 20.6 Å². The summed E-state index contributed by atoms with van der Waals surface area (Å²) >= 11 is 0. The molecule has 0 spiro atoms. The standard InChI is InChI=1S/C13H21N3O3.C13H19N3O3/c2*1-13(2,3)19-12(18)16-7-6-15-11-4-5-14-8-10(11)9-17/h4-5,8,17H,6-7,9H2,1-3H3,(H,14,15)(H,16,18);4-5,8-9H,6-7H2,1-3H3,(H,14,15)(H,16,18). The summed E-state index contributed by atoms with van der Waals surface area (Å²) in [6.07, 6.45) is 6.15. The number of aromatic nitrogens is 2. The van der Waals surface area contributed by atoms with Crippen LogP contribution in [0, 0.1) is 0 Å². The average Bonchev–Trinajstić information content (AvgIpc) is 2.83. The molecule has 5 N–H and O–H groups in total. The van der Waals surface area contributed by atoms with Crippen molar-refractivity contribution in [3.05, 3.63) is 48.0 Å². The molecule has 0 saturated heterocycles. The van der Waals surface area contributed by atoms with E-state index >= 15 is 0 Å². The Balaban J connectivity index is 0.000000380. The summed E-state index contributed by atoms with van der Waals surface area (Å²) in [5.41, 5.74) is 1.71. The summed E-state index contributed by atoms with van der Waals surface area (Å²) in [6, 6.07) is 3.48. The van der Waals surface area contributed by atoms with Gasteiger partial charge in [-0.05, 0) is 53.7 Å². The maximum atomic E-state index is 11.4. The first kappa shape index (κ1) is 32.1. The molecule has 0 radical (unpaired) electrons. The molecule has 0 aliphatic rings. The fourth-order valence-electron chi connectivity index (χ4n) is 2.74. The number of alkyl carbamates (subject to hydrolysis) is 2. The van der Waals surface area contributed by atoms with Gasteiger partial charge in [0.1, 0.15) is 11.2 Å². The number of anilines is 2. The van der Waals surface area contributed by atoms with Crippen LogP contribution >= 0.6 is 0 Å². The molecule has 38 heavy (non-hydrogen) atoms. The third-order valence-corrected chi connectivity index (χ3v) is 4.27. The lowest BCUT2D eigenvalue weighted by atomic mass is 10.2. The molecule has 2 aromatic rings. The Morgan fingerprint density at radius 1 is 0.816 bits per heavy atom. The lowest BCUT2D eigenvalue weighted by Gasteiger charge is -2.19. The van der Waals surface area contributed by atoms with E-state index in [0.717, 1.165) is 17.5 Å². The number of ether oxygens (including phenoxy) is 2. The Kier molecular flexibility index (Phi) is 13.5. The van der Waals surface area contributed by atoms with Crippen LogP contribution in [0.2, 0.25) is 0 Å². The van der Waals surface area contributed by atoms with E-state index in [1.165, 1.54) is 6.20 Å². The normalized spacial score (nSPS) is 10.8. The van der Waals surface area contributed by atoms with Gasteiger partial charge in [0.25, 0.3) is 0 Å². The summed E-state index contributed by atoms with van der Waals surface area (Å²) in [4.78, 5) is 41.3. The van der Waals surface area contributed by atoms with Gasteiger partial charge < -0.3 is 35.8 Å². The summed E-state index contributed by atoms with van der Waals surface area (Å²) in [5.74, 6) is 0. The van der Waals surface area contributed by atoms with Gasteiger partial charge in [-0.25, -0.2) is 9.59 Å². The zero-order valence-corrected chi connectivity index (χ0v) is 23.0. The van der Waals surface area contributed by atoms with E-state index in [1.807, 2.05) is 20.8 Å². The smallest absolute Gasteiger partial charge is 0.407 e. The molecule has 0 fully saturated rings. The third-order valence-electron chi connectivity index (χ3n) is 4.27. The Morgan fingerprint density at radius 3 is 1.76 bits per heavy atom. The van der Waals surface area contributed by atoms with Crippen molar-refractivity contribution >= 4 is 29.8 Å². The van der Waals surface area contributed by atoms with Crippen molar-refractivity contribution < 1.29 is 29.0 Å². The van der Waals surface area contributed by atoms with Gasteiger partial charge in [-0.1, -0.05) is 0 Å².